The zero-order valence-corrected chi connectivity index (χ0v) is 11.1. The van der Waals surface area contributed by atoms with Crippen LogP contribution in [0.5, 0.6) is 0 Å². The summed E-state index contributed by atoms with van der Waals surface area (Å²) in [6.45, 7) is 1.94. The molecule has 0 saturated carbocycles. The number of amides is 1. The molecule has 2 heterocycles. The maximum absolute atomic E-state index is 12.0. The fourth-order valence-corrected chi connectivity index (χ4v) is 2.18. The Hall–Kier alpha value is -1.62. The number of nitrogens with zero attached hydrogens (tertiary/aromatic N) is 2. The Morgan fingerprint density at radius 1 is 1.53 bits per heavy atom. The van der Waals surface area contributed by atoms with Gasteiger partial charge < -0.3 is 4.42 Å². The number of carbonyl (C=O) groups is 1. The monoisotopic (exact) mass is 294 g/mol. The highest BCUT2D eigenvalue weighted by Crippen LogP contribution is 2.24. The number of halogens is 1. The molecule has 0 aliphatic rings. The number of pyridine rings is 1. The van der Waals surface area contributed by atoms with Crippen LogP contribution in [0.15, 0.2) is 39.7 Å². The molecule has 0 aliphatic carbocycles. The molecule has 88 valence electrons. The van der Waals surface area contributed by atoms with Gasteiger partial charge in [0.25, 0.3) is 5.91 Å². The third kappa shape index (κ3) is 2.39. The lowest BCUT2D eigenvalue weighted by Gasteiger charge is -2.16. The van der Waals surface area contributed by atoms with E-state index in [-0.39, 0.29) is 5.91 Å². The van der Waals surface area contributed by atoms with Crippen LogP contribution in [0.2, 0.25) is 0 Å². The second kappa shape index (κ2) is 4.71. The number of rotatable bonds is 2. The highest BCUT2D eigenvalue weighted by Gasteiger charge is 2.17. The average molecular weight is 295 g/mol. The van der Waals surface area contributed by atoms with Crippen molar-refractivity contribution in [2.24, 2.45) is 0 Å². The van der Waals surface area contributed by atoms with Gasteiger partial charge >= 0.3 is 0 Å². The van der Waals surface area contributed by atoms with Crippen molar-refractivity contribution in [1.29, 1.82) is 0 Å². The number of hydrogen-bond acceptors (Lipinski definition) is 3. The van der Waals surface area contributed by atoms with Crippen LogP contribution in [0, 0.1) is 6.92 Å². The van der Waals surface area contributed by atoms with Gasteiger partial charge in [0.05, 0.1) is 16.3 Å². The first-order chi connectivity index (χ1) is 8.09. The van der Waals surface area contributed by atoms with Crippen LogP contribution in [0.4, 0.5) is 5.82 Å². The second-order valence-corrected chi connectivity index (χ2v) is 4.55. The molecule has 0 saturated heterocycles. The number of carbonyl (C=O) groups excluding carboxylic acids is 1. The van der Waals surface area contributed by atoms with Gasteiger partial charge in [-0.3, -0.25) is 9.69 Å². The second-order valence-electron chi connectivity index (χ2n) is 3.69. The summed E-state index contributed by atoms with van der Waals surface area (Å²) in [5.41, 5.74) is 1.53. The number of furan rings is 1. The molecule has 0 atom stereocenters. The SMILES string of the molecule is Cc1cnc(N(C)C(=O)c2ccoc2)c(Br)c1. The minimum atomic E-state index is -0.157. The molecule has 0 N–H and O–H groups in total. The van der Waals surface area contributed by atoms with Gasteiger partial charge in [-0.25, -0.2) is 4.98 Å². The molecular weight excluding hydrogens is 284 g/mol. The fourth-order valence-electron chi connectivity index (χ4n) is 1.45. The molecule has 1 amide bonds. The summed E-state index contributed by atoms with van der Waals surface area (Å²) < 4.78 is 5.68. The van der Waals surface area contributed by atoms with Crippen LogP contribution in [-0.2, 0) is 0 Å². The normalized spacial score (nSPS) is 10.3. The average Bonchev–Trinajstić information content (AvgIpc) is 2.80. The molecule has 0 aromatic carbocycles. The summed E-state index contributed by atoms with van der Waals surface area (Å²) in [4.78, 5) is 17.8. The van der Waals surface area contributed by atoms with E-state index < -0.39 is 0 Å². The zero-order chi connectivity index (χ0) is 12.4. The Labute approximate surface area is 107 Å². The van der Waals surface area contributed by atoms with Crippen LogP contribution in [0.25, 0.3) is 0 Å². The smallest absolute Gasteiger partial charge is 0.262 e. The van der Waals surface area contributed by atoms with Crippen molar-refractivity contribution in [3.05, 3.63) is 46.5 Å². The molecule has 0 radical (unpaired) electrons. The van der Waals surface area contributed by atoms with Gasteiger partial charge in [0, 0.05) is 13.2 Å². The van der Waals surface area contributed by atoms with E-state index >= 15 is 0 Å². The van der Waals surface area contributed by atoms with Crippen LogP contribution < -0.4 is 4.90 Å². The van der Waals surface area contributed by atoms with Gasteiger partial charge in [0.2, 0.25) is 0 Å². The van der Waals surface area contributed by atoms with Crippen molar-refractivity contribution >= 4 is 27.7 Å². The maximum Gasteiger partial charge on any atom is 0.262 e. The predicted molar refractivity (Wildman–Crippen MR) is 68.1 cm³/mol. The lowest BCUT2D eigenvalue weighted by atomic mass is 10.3. The van der Waals surface area contributed by atoms with Crippen molar-refractivity contribution in [2.75, 3.05) is 11.9 Å². The van der Waals surface area contributed by atoms with E-state index in [1.54, 1.807) is 19.3 Å². The summed E-state index contributed by atoms with van der Waals surface area (Å²) in [5.74, 6) is 0.428. The largest absolute Gasteiger partial charge is 0.472 e. The van der Waals surface area contributed by atoms with Crippen LogP contribution in [0.1, 0.15) is 15.9 Å². The standard InChI is InChI=1S/C12H11BrN2O2/c1-8-5-10(13)11(14-6-8)15(2)12(16)9-3-4-17-7-9/h3-7H,1-2H3. The molecule has 4 nitrogen and oxygen atoms in total. The minimum Gasteiger partial charge on any atom is -0.472 e. The van der Waals surface area contributed by atoms with Crippen molar-refractivity contribution in [2.45, 2.75) is 6.92 Å². The third-order valence-electron chi connectivity index (χ3n) is 2.35. The maximum atomic E-state index is 12.0. The van der Waals surface area contributed by atoms with Crippen molar-refractivity contribution in [1.82, 2.24) is 4.98 Å². The van der Waals surface area contributed by atoms with Crippen molar-refractivity contribution < 1.29 is 9.21 Å². The van der Waals surface area contributed by atoms with Crippen molar-refractivity contribution in [3.8, 4) is 0 Å². The number of aryl methyl sites for hydroxylation is 1. The molecule has 17 heavy (non-hydrogen) atoms. The summed E-state index contributed by atoms with van der Waals surface area (Å²) in [6, 6.07) is 3.54. The van der Waals surface area contributed by atoms with E-state index in [1.165, 1.54) is 17.4 Å². The Kier molecular flexibility index (Phi) is 3.28. The Morgan fingerprint density at radius 2 is 2.29 bits per heavy atom. The van der Waals surface area contributed by atoms with Gasteiger partial charge in [0.15, 0.2) is 0 Å². The first kappa shape index (κ1) is 11.9. The van der Waals surface area contributed by atoms with Crippen LogP contribution >= 0.6 is 15.9 Å². The number of hydrogen-bond donors (Lipinski definition) is 0. The van der Waals surface area contributed by atoms with E-state index in [2.05, 4.69) is 20.9 Å². The summed E-state index contributed by atoms with van der Waals surface area (Å²) >= 11 is 3.40. The fraction of sp³-hybridized carbons (Fsp3) is 0.167. The Morgan fingerprint density at radius 3 is 2.88 bits per heavy atom. The van der Waals surface area contributed by atoms with Gasteiger partial charge in [-0.2, -0.15) is 0 Å². The van der Waals surface area contributed by atoms with E-state index in [4.69, 9.17) is 4.42 Å². The molecular formula is C12H11BrN2O2. The first-order valence-electron chi connectivity index (χ1n) is 5.02. The molecule has 2 rings (SSSR count). The zero-order valence-electron chi connectivity index (χ0n) is 9.48. The molecule has 0 fully saturated rings. The van der Waals surface area contributed by atoms with E-state index in [9.17, 15) is 4.79 Å². The summed E-state index contributed by atoms with van der Waals surface area (Å²) in [5, 5.41) is 0. The third-order valence-corrected chi connectivity index (χ3v) is 2.93. The van der Waals surface area contributed by atoms with Crippen LogP contribution in [-0.4, -0.2) is 17.9 Å². The topological polar surface area (TPSA) is 46.3 Å². The first-order valence-corrected chi connectivity index (χ1v) is 5.81. The number of aromatic nitrogens is 1. The van der Waals surface area contributed by atoms with Crippen molar-refractivity contribution in [3.63, 3.8) is 0 Å². The highest BCUT2D eigenvalue weighted by atomic mass is 79.9. The van der Waals surface area contributed by atoms with Crippen LogP contribution in [0.3, 0.4) is 0 Å². The van der Waals surface area contributed by atoms with Gasteiger partial charge in [0.1, 0.15) is 12.1 Å². The lowest BCUT2D eigenvalue weighted by Crippen LogP contribution is -2.27. The molecule has 0 unspecified atom stereocenters. The molecule has 2 aromatic heterocycles. The van der Waals surface area contributed by atoms with Gasteiger partial charge in [-0.1, -0.05) is 0 Å². The van der Waals surface area contributed by atoms with E-state index in [1.807, 2.05) is 13.0 Å². The van der Waals surface area contributed by atoms with Gasteiger partial charge in [-0.05, 0) is 40.5 Å². The predicted octanol–water partition coefficient (Wildman–Crippen LogP) is 3.02. The molecule has 5 heteroatoms. The summed E-state index contributed by atoms with van der Waals surface area (Å²) in [7, 11) is 1.68. The molecule has 0 bridgehead atoms. The van der Waals surface area contributed by atoms with Gasteiger partial charge in [-0.15, -0.1) is 0 Å². The number of anilines is 1. The molecule has 2 aromatic rings. The quantitative estimate of drug-likeness (QED) is 0.855. The summed E-state index contributed by atoms with van der Waals surface area (Å²) in [6.07, 6.45) is 4.61. The Balaban J connectivity index is 2.31. The molecule has 0 aliphatic heterocycles. The van der Waals surface area contributed by atoms with E-state index in [0.29, 0.717) is 11.4 Å². The minimum absolute atomic E-state index is 0.157. The lowest BCUT2D eigenvalue weighted by molar-refractivity contribution is 0.0991. The highest BCUT2D eigenvalue weighted by molar-refractivity contribution is 9.10. The van der Waals surface area contributed by atoms with E-state index in [0.717, 1.165) is 10.0 Å². The Bertz CT molecular complexity index is 537. The molecule has 0 spiro atoms.